The van der Waals surface area contributed by atoms with Gasteiger partial charge in [-0.3, -0.25) is 9.59 Å². The molecular weight excluding hydrogens is 338 g/mol. The van der Waals surface area contributed by atoms with Crippen LogP contribution in [0.4, 0.5) is 5.00 Å². The molecule has 0 radical (unpaired) electrons. The number of hydrogen-bond acceptors (Lipinski definition) is 4. The van der Waals surface area contributed by atoms with Crippen LogP contribution in [0.25, 0.3) is 0 Å². The third-order valence-corrected chi connectivity index (χ3v) is 5.16. The van der Waals surface area contributed by atoms with E-state index in [-0.39, 0.29) is 17.6 Å². The van der Waals surface area contributed by atoms with Gasteiger partial charge >= 0.3 is 0 Å². The van der Waals surface area contributed by atoms with E-state index in [4.69, 9.17) is 4.42 Å². The van der Waals surface area contributed by atoms with Crippen molar-refractivity contribution in [3.05, 3.63) is 64.2 Å². The molecule has 0 aliphatic carbocycles. The Morgan fingerprint density at radius 3 is 2.64 bits per heavy atom. The van der Waals surface area contributed by atoms with E-state index >= 15 is 0 Å². The molecule has 0 aliphatic heterocycles. The summed E-state index contributed by atoms with van der Waals surface area (Å²) in [7, 11) is 1.97. The highest BCUT2D eigenvalue weighted by molar-refractivity contribution is 7.18. The van der Waals surface area contributed by atoms with Crippen LogP contribution in [0.1, 0.15) is 37.2 Å². The van der Waals surface area contributed by atoms with Crippen LogP contribution in [-0.2, 0) is 13.6 Å². The molecule has 6 nitrogen and oxygen atoms in total. The molecule has 7 heteroatoms. The third kappa shape index (κ3) is 3.66. The molecule has 3 rings (SSSR count). The lowest BCUT2D eigenvalue weighted by Gasteiger charge is -2.07. The van der Waals surface area contributed by atoms with Gasteiger partial charge in [-0.2, -0.15) is 0 Å². The van der Waals surface area contributed by atoms with Gasteiger partial charge in [0.25, 0.3) is 11.8 Å². The Labute approximate surface area is 149 Å². The van der Waals surface area contributed by atoms with E-state index in [9.17, 15) is 9.59 Å². The fourth-order valence-corrected chi connectivity index (χ4v) is 3.43. The molecule has 0 unspecified atom stereocenters. The smallest absolute Gasteiger partial charge is 0.291 e. The molecular formula is C18H19N3O3S. The van der Waals surface area contributed by atoms with E-state index < -0.39 is 0 Å². The molecule has 130 valence electrons. The largest absolute Gasteiger partial charge is 0.459 e. The number of thiophene rings is 1. The van der Waals surface area contributed by atoms with Gasteiger partial charge in [0.2, 0.25) is 0 Å². The quantitative estimate of drug-likeness (QED) is 0.734. The number of nitrogens with one attached hydrogen (secondary N) is 2. The number of amides is 2. The van der Waals surface area contributed by atoms with Crippen LogP contribution in [0.15, 0.2) is 41.0 Å². The number of furan rings is 1. The summed E-state index contributed by atoms with van der Waals surface area (Å²) in [6.45, 7) is 4.32. The highest BCUT2D eigenvalue weighted by Gasteiger charge is 2.16. The van der Waals surface area contributed by atoms with Gasteiger partial charge in [0, 0.05) is 18.4 Å². The first-order valence-electron chi connectivity index (χ1n) is 7.80. The second kappa shape index (κ2) is 6.98. The maximum absolute atomic E-state index is 12.4. The molecule has 2 N–H and O–H groups in total. The molecule has 25 heavy (non-hydrogen) atoms. The van der Waals surface area contributed by atoms with Crippen molar-refractivity contribution in [2.45, 2.75) is 20.4 Å². The van der Waals surface area contributed by atoms with Crippen molar-refractivity contribution in [2.75, 3.05) is 5.32 Å². The number of carbonyl (C=O) groups is 2. The zero-order valence-electron chi connectivity index (χ0n) is 14.3. The number of carbonyl (C=O) groups excluding carboxylic acids is 2. The lowest BCUT2D eigenvalue weighted by molar-refractivity contribution is 0.0952. The SMILES string of the molecule is Cc1cc(NC(=O)c2ccco2)sc1C(=O)NCc1ccc(C)n1C. The minimum atomic E-state index is -0.336. The van der Waals surface area contributed by atoms with Gasteiger partial charge in [-0.25, -0.2) is 0 Å². The second-order valence-corrected chi connectivity index (χ2v) is 6.81. The molecule has 0 saturated carbocycles. The van der Waals surface area contributed by atoms with Gasteiger partial charge in [-0.05, 0) is 49.7 Å². The predicted molar refractivity (Wildman–Crippen MR) is 97.0 cm³/mol. The first-order valence-corrected chi connectivity index (χ1v) is 8.62. The van der Waals surface area contributed by atoms with Crippen molar-refractivity contribution >= 4 is 28.2 Å². The van der Waals surface area contributed by atoms with Crippen LogP contribution in [-0.4, -0.2) is 16.4 Å². The Morgan fingerprint density at radius 1 is 1.20 bits per heavy atom. The number of hydrogen-bond donors (Lipinski definition) is 2. The number of anilines is 1. The van der Waals surface area contributed by atoms with Gasteiger partial charge in [-0.1, -0.05) is 0 Å². The van der Waals surface area contributed by atoms with Crippen molar-refractivity contribution in [3.8, 4) is 0 Å². The van der Waals surface area contributed by atoms with Crippen molar-refractivity contribution in [1.82, 2.24) is 9.88 Å². The maximum atomic E-state index is 12.4. The summed E-state index contributed by atoms with van der Waals surface area (Å²) < 4.78 is 7.10. The summed E-state index contributed by atoms with van der Waals surface area (Å²) in [5.41, 5.74) is 2.99. The van der Waals surface area contributed by atoms with E-state index in [0.29, 0.717) is 16.4 Å². The van der Waals surface area contributed by atoms with Crippen molar-refractivity contribution < 1.29 is 14.0 Å². The van der Waals surface area contributed by atoms with Crippen molar-refractivity contribution in [2.24, 2.45) is 7.05 Å². The molecule has 3 aromatic rings. The molecule has 0 fully saturated rings. The summed E-state index contributed by atoms with van der Waals surface area (Å²) in [4.78, 5) is 25.0. The highest BCUT2D eigenvalue weighted by Crippen LogP contribution is 2.27. The van der Waals surface area contributed by atoms with Crippen LogP contribution in [0.3, 0.4) is 0 Å². The molecule has 2 amide bonds. The zero-order valence-corrected chi connectivity index (χ0v) is 15.1. The molecule has 3 heterocycles. The highest BCUT2D eigenvalue weighted by atomic mass is 32.1. The first-order chi connectivity index (χ1) is 12.0. The number of nitrogens with zero attached hydrogens (tertiary/aromatic N) is 1. The van der Waals surface area contributed by atoms with Crippen LogP contribution >= 0.6 is 11.3 Å². The Hall–Kier alpha value is -2.80. The molecule has 0 atom stereocenters. The summed E-state index contributed by atoms with van der Waals surface area (Å²) in [6, 6.07) is 9.03. The molecule has 0 bridgehead atoms. The van der Waals surface area contributed by atoms with Crippen LogP contribution in [0, 0.1) is 13.8 Å². The Bertz CT molecular complexity index is 906. The van der Waals surface area contributed by atoms with Crippen LogP contribution in [0.5, 0.6) is 0 Å². The number of aromatic nitrogens is 1. The maximum Gasteiger partial charge on any atom is 0.291 e. The number of aryl methyl sites for hydroxylation is 2. The molecule has 3 aromatic heterocycles. The monoisotopic (exact) mass is 357 g/mol. The van der Waals surface area contributed by atoms with E-state index in [1.54, 1.807) is 18.2 Å². The van der Waals surface area contributed by atoms with Gasteiger partial charge in [0.05, 0.1) is 22.7 Å². The Kier molecular flexibility index (Phi) is 4.76. The van der Waals surface area contributed by atoms with E-state index in [2.05, 4.69) is 10.6 Å². The summed E-state index contributed by atoms with van der Waals surface area (Å²) in [6.07, 6.45) is 1.44. The third-order valence-electron chi connectivity index (χ3n) is 4.01. The van der Waals surface area contributed by atoms with Crippen molar-refractivity contribution in [1.29, 1.82) is 0 Å². The lowest BCUT2D eigenvalue weighted by Crippen LogP contribution is -2.23. The Morgan fingerprint density at radius 2 is 2.00 bits per heavy atom. The fourth-order valence-electron chi connectivity index (χ4n) is 2.45. The van der Waals surface area contributed by atoms with E-state index in [1.165, 1.54) is 17.6 Å². The minimum absolute atomic E-state index is 0.153. The van der Waals surface area contributed by atoms with Crippen LogP contribution < -0.4 is 10.6 Å². The van der Waals surface area contributed by atoms with Gasteiger partial charge in [0.15, 0.2) is 5.76 Å². The first kappa shape index (κ1) is 17.0. The lowest BCUT2D eigenvalue weighted by atomic mass is 10.2. The average Bonchev–Trinajstić information content (AvgIpc) is 3.29. The van der Waals surface area contributed by atoms with E-state index in [1.807, 2.05) is 37.6 Å². The van der Waals surface area contributed by atoms with Crippen LogP contribution in [0.2, 0.25) is 0 Å². The molecule has 0 spiro atoms. The average molecular weight is 357 g/mol. The topological polar surface area (TPSA) is 76.3 Å². The second-order valence-electron chi connectivity index (χ2n) is 5.76. The molecule has 0 saturated heterocycles. The predicted octanol–water partition coefficient (Wildman–Crippen LogP) is 3.48. The normalized spacial score (nSPS) is 10.7. The molecule has 0 aliphatic rings. The fraction of sp³-hybridized carbons (Fsp3) is 0.222. The number of rotatable bonds is 5. The standard InChI is InChI=1S/C18H19N3O3S/c1-11-9-15(20-17(22)14-5-4-8-24-14)25-16(11)18(23)19-10-13-7-6-12(2)21(13)3/h4-9H,10H2,1-3H3,(H,19,23)(H,20,22). The van der Waals surface area contributed by atoms with Crippen molar-refractivity contribution in [3.63, 3.8) is 0 Å². The molecule has 0 aromatic carbocycles. The Balaban J connectivity index is 1.66. The summed E-state index contributed by atoms with van der Waals surface area (Å²) in [5.74, 6) is -0.256. The van der Waals surface area contributed by atoms with Gasteiger partial charge in [-0.15, -0.1) is 11.3 Å². The van der Waals surface area contributed by atoms with E-state index in [0.717, 1.165) is 17.0 Å². The zero-order chi connectivity index (χ0) is 18.0. The summed E-state index contributed by atoms with van der Waals surface area (Å²) >= 11 is 1.25. The van der Waals surface area contributed by atoms with Gasteiger partial charge < -0.3 is 19.6 Å². The minimum Gasteiger partial charge on any atom is -0.459 e. The summed E-state index contributed by atoms with van der Waals surface area (Å²) in [5, 5.41) is 6.28. The van der Waals surface area contributed by atoms with Gasteiger partial charge in [0.1, 0.15) is 0 Å².